The van der Waals surface area contributed by atoms with Gasteiger partial charge >= 0.3 is 0 Å². The molecule has 1 rings (SSSR count). The maximum atomic E-state index is 10.2. The number of hydrogen-bond acceptors (Lipinski definition) is 3. The second-order valence-corrected chi connectivity index (χ2v) is 5.55. The number of aryl methyl sites for hydroxylation is 1. The molecule has 1 unspecified atom stereocenters. The van der Waals surface area contributed by atoms with Crippen LogP contribution in [0, 0.1) is 12.8 Å². The number of rotatable bonds is 7. The van der Waals surface area contributed by atoms with E-state index in [1.54, 1.807) is 0 Å². The fourth-order valence-electron chi connectivity index (χ4n) is 1.72. The summed E-state index contributed by atoms with van der Waals surface area (Å²) >= 11 is 0. The molecule has 3 nitrogen and oxygen atoms in total. The first kappa shape index (κ1) is 14.3. The monoisotopic (exact) mass is 239 g/mol. The van der Waals surface area contributed by atoms with Gasteiger partial charge in [0.1, 0.15) is 11.5 Å². The second-order valence-electron chi connectivity index (χ2n) is 5.55. The lowest BCUT2D eigenvalue weighted by Gasteiger charge is -2.24. The van der Waals surface area contributed by atoms with Crippen molar-refractivity contribution >= 4 is 0 Å². The summed E-state index contributed by atoms with van der Waals surface area (Å²) in [5, 5.41) is 13.4. The first-order valence-corrected chi connectivity index (χ1v) is 6.37. The van der Waals surface area contributed by atoms with Crippen molar-refractivity contribution < 1.29 is 9.52 Å². The fourth-order valence-corrected chi connectivity index (χ4v) is 1.72. The van der Waals surface area contributed by atoms with Gasteiger partial charge in [-0.25, -0.2) is 0 Å². The first-order valence-electron chi connectivity index (χ1n) is 6.37. The lowest BCUT2D eigenvalue weighted by atomic mass is 9.95. The molecule has 3 heteroatoms. The van der Waals surface area contributed by atoms with Crippen LogP contribution in [0.4, 0.5) is 0 Å². The van der Waals surface area contributed by atoms with Gasteiger partial charge < -0.3 is 14.8 Å². The third-order valence-electron chi connectivity index (χ3n) is 2.86. The van der Waals surface area contributed by atoms with E-state index in [1.165, 1.54) is 0 Å². The van der Waals surface area contributed by atoms with E-state index in [2.05, 4.69) is 19.2 Å². The van der Waals surface area contributed by atoms with Crippen molar-refractivity contribution in [3.63, 3.8) is 0 Å². The van der Waals surface area contributed by atoms with Gasteiger partial charge in [-0.2, -0.15) is 0 Å². The smallest absolute Gasteiger partial charge is 0.117 e. The van der Waals surface area contributed by atoms with Crippen molar-refractivity contribution in [2.75, 3.05) is 6.54 Å². The summed E-state index contributed by atoms with van der Waals surface area (Å²) in [6.07, 6.45) is 1.88. The van der Waals surface area contributed by atoms with E-state index in [0.29, 0.717) is 19.0 Å². The Morgan fingerprint density at radius 3 is 2.65 bits per heavy atom. The topological polar surface area (TPSA) is 45.4 Å². The van der Waals surface area contributed by atoms with E-state index < -0.39 is 5.60 Å². The van der Waals surface area contributed by atoms with Gasteiger partial charge in [0, 0.05) is 6.54 Å². The van der Waals surface area contributed by atoms with Crippen LogP contribution < -0.4 is 5.32 Å². The molecule has 0 aliphatic carbocycles. The SMILES string of the molecule is Cc1ccc(CNCC(C)(O)CCC(C)C)o1. The van der Waals surface area contributed by atoms with Gasteiger partial charge in [0.25, 0.3) is 0 Å². The van der Waals surface area contributed by atoms with Crippen LogP contribution >= 0.6 is 0 Å². The molecule has 0 aliphatic rings. The Kier molecular flexibility index (Phi) is 5.22. The van der Waals surface area contributed by atoms with Gasteiger partial charge in [-0.15, -0.1) is 0 Å². The van der Waals surface area contributed by atoms with Crippen LogP contribution in [0.15, 0.2) is 16.5 Å². The average molecular weight is 239 g/mol. The third kappa shape index (κ3) is 5.89. The molecule has 1 aromatic rings. The number of furan rings is 1. The summed E-state index contributed by atoms with van der Waals surface area (Å²) < 4.78 is 5.45. The summed E-state index contributed by atoms with van der Waals surface area (Å²) in [6.45, 7) is 9.44. The number of nitrogens with one attached hydrogen (secondary N) is 1. The van der Waals surface area contributed by atoms with Crippen LogP contribution in [0.1, 0.15) is 45.1 Å². The average Bonchev–Trinajstić information content (AvgIpc) is 2.61. The molecule has 0 aromatic carbocycles. The molecule has 1 heterocycles. The lowest BCUT2D eigenvalue weighted by molar-refractivity contribution is 0.0447. The maximum Gasteiger partial charge on any atom is 0.117 e. The zero-order chi connectivity index (χ0) is 12.9. The molecule has 0 amide bonds. The Morgan fingerprint density at radius 1 is 1.41 bits per heavy atom. The van der Waals surface area contributed by atoms with E-state index in [4.69, 9.17) is 4.42 Å². The highest BCUT2D eigenvalue weighted by Gasteiger charge is 2.19. The predicted molar refractivity (Wildman–Crippen MR) is 69.8 cm³/mol. The van der Waals surface area contributed by atoms with Crippen LogP contribution in [0.25, 0.3) is 0 Å². The molecule has 0 saturated carbocycles. The van der Waals surface area contributed by atoms with Gasteiger partial charge in [0.15, 0.2) is 0 Å². The summed E-state index contributed by atoms with van der Waals surface area (Å²) in [5.41, 5.74) is -0.633. The fraction of sp³-hybridized carbons (Fsp3) is 0.714. The Bertz CT molecular complexity index is 329. The molecular weight excluding hydrogens is 214 g/mol. The van der Waals surface area contributed by atoms with Crippen LogP contribution in [0.3, 0.4) is 0 Å². The molecule has 1 atom stereocenters. The van der Waals surface area contributed by atoms with Crippen LogP contribution in [-0.2, 0) is 6.54 Å². The molecule has 0 saturated heterocycles. The van der Waals surface area contributed by atoms with Gasteiger partial charge in [-0.05, 0) is 44.7 Å². The second kappa shape index (κ2) is 6.22. The lowest BCUT2D eigenvalue weighted by Crippen LogP contribution is -2.37. The van der Waals surface area contributed by atoms with Gasteiger partial charge in [-0.3, -0.25) is 0 Å². The zero-order valence-electron chi connectivity index (χ0n) is 11.4. The van der Waals surface area contributed by atoms with Gasteiger partial charge in [-0.1, -0.05) is 13.8 Å². The Morgan fingerprint density at radius 2 is 2.12 bits per heavy atom. The van der Waals surface area contributed by atoms with Crippen molar-refractivity contribution in [1.82, 2.24) is 5.32 Å². The third-order valence-corrected chi connectivity index (χ3v) is 2.86. The minimum Gasteiger partial charge on any atom is -0.465 e. The number of aliphatic hydroxyl groups is 1. The Labute approximate surface area is 104 Å². The highest BCUT2D eigenvalue weighted by atomic mass is 16.3. The summed E-state index contributed by atoms with van der Waals surface area (Å²) in [6, 6.07) is 3.92. The standard InChI is InChI=1S/C14H25NO2/c1-11(2)7-8-14(4,16)10-15-9-13-6-5-12(3)17-13/h5-6,11,15-16H,7-10H2,1-4H3. The molecular formula is C14H25NO2. The zero-order valence-corrected chi connectivity index (χ0v) is 11.4. The molecule has 0 fully saturated rings. The highest BCUT2D eigenvalue weighted by molar-refractivity contribution is 5.05. The van der Waals surface area contributed by atoms with Crippen LogP contribution in [-0.4, -0.2) is 17.3 Å². The predicted octanol–water partition coefficient (Wildman–Crippen LogP) is 2.86. The first-order chi connectivity index (χ1) is 7.89. The molecule has 0 bridgehead atoms. The molecule has 17 heavy (non-hydrogen) atoms. The number of hydrogen-bond donors (Lipinski definition) is 2. The quantitative estimate of drug-likeness (QED) is 0.769. The van der Waals surface area contributed by atoms with Crippen molar-refractivity contribution in [1.29, 1.82) is 0 Å². The summed E-state index contributed by atoms with van der Waals surface area (Å²) in [5.74, 6) is 2.48. The van der Waals surface area contributed by atoms with E-state index in [9.17, 15) is 5.11 Å². The van der Waals surface area contributed by atoms with Gasteiger partial charge in [0.2, 0.25) is 0 Å². The highest BCUT2D eigenvalue weighted by Crippen LogP contribution is 2.15. The van der Waals surface area contributed by atoms with Gasteiger partial charge in [0.05, 0.1) is 12.1 Å². The molecule has 0 aliphatic heterocycles. The minimum atomic E-state index is -0.633. The molecule has 0 spiro atoms. The largest absolute Gasteiger partial charge is 0.465 e. The maximum absolute atomic E-state index is 10.2. The Hall–Kier alpha value is -0.800. The normalized spacial score (nSPS) is 15.2. The summed E-state index contributed by atoms with van der Waals surface area (Å²) in [7, 11) is 0. The molecule has 1 aromatic heterocycles. The molecule has 98 valence electrons. The van der Waals surface area contributed by atoms with Crippen molar-refractivity contribution in [3.05, 3.63) is 23.7 Å². The minimum absolute atomic E-state index is 0.597. The van der Waals surface area contributed by atoms with E-state index in [0.717, 1.165) is 24.4 Å². The summed E-state index contributed by atoms with van der Waals surface area (Å²) in [4.78, 5) is 0. The van der Waals surface area contributed by atoms with E-state index in [-0.39, 0.29) is 0 Å². The van der Waals surface area contributed by atoms with Crippen molar-refractivity contribution in [2.24, 2.45) is 5.92 Å². The Balaban J connectivity index is 2.25. The van der Waals surface area contributed by atoms with Crippen molar-refractivity contribution in [3.8, 4) is 0 Å². The van der Waals surface area contributed by atoms with E-state index in [1.807, 2.05) is 26.0 Å². The molecule has 2 N–H and O–H groups in total. The van der Waals surface area contributed by atoms with E-state index >= 15 is 0 Å². The molecule has 0 radical (unpaired) electrons. The van der Waals surface area contributed by atoms with Crippen LogP contribution in [0.2, 0.25) is 0 Å². The van der Waals surface area contributed by atoms with Crippen LogP contribution in [0.5, 0.6) is 0 Å². The van der Waals surface area contributed by atoms with Crippen molar-refractivity contribution in [2.45, 2.75) is 52.7 Å².